The van der Waals surface area contributed by atoms with Crippen molar-refractivity contribution in [1.82, 2.24) is 4.98 Å². The Bertz CT molecular complexity index is 683. The van der Waals surface area contributed by atoms with Crippen LogP contribution in [0.5, 0.6) is 0 Å². The number of nitriles is 1. The Labute approximate surface area is 125 Å². The summed E-state index contributed by atoms with van der Waals surface area (Å²) < 4.78 is 17.8. The number of thioether (sulfide) groups is 1. The van der Waals surface area contributed by atoms with Crippen LogP contribution in [0.2, 0.25) is 0 Å². The topological polar surface area (TPSA) is 63.0 Å². The third-order valence-corrected chi connectivity index (χ3v) is 3.86. The Hall–Kier alpha value is -2.39. The summed E-state index contributed by atoms with van der Waals surface area (Å²) in [5.41, 5.74) is 1.06. The number of carbonyl (C=O) groups is 1. The zero-order valence-electron chi connectivity index (χ0n) is 11.1. The van der Waals surface area contributed by atoms with Gasteiger partial charge in [-0.3, -0.25) is 4.79 Å². The molecule has 1 atom stereocenters. The predicted molar refractivity (Wildman–Crippen MR) is 76.0 cm³/mol. The fourth-order valence-electron chi connectivity index (χ4n) is 1.66. The van der Waals surface area contributed by atoms with E-state index in [9.17, 15) is 9.18 Å². The molecule has 2 rings (SSSR count). The molecule has 0 aliphatic carbocycles. The van der Waals surface area contributed by atoms with E-state index < -0.39 is 11.2 Å². The summed E-state index contributed by atoms with van der Waals surface area (Å²) in [6.07, 6.45) is 1.50. The number of pyridine rings is 1. The molecule has 0 amide bonds. The smallest absolute Gasteiger partial charge is 0.323 e. The van der Waals surface area contributed by atoms with Gasteiger partial charge in [0.1, 0.15) is 11.1 Å². The van der Waals surface area contributed by atoms with Crippen molar-refractivity contribution < 1.29 is 13.9 Å². The molecular weight excluding hydrogens is 291 g/mol. The lowest BCUT2D eigenvalue weighted by molar-refractivity contribution is -0.140. The molecule has 0 aliphatic heterocycles. The highest BCUT2D eigenvalue weighted by Crippen LogP contribution is 2.35. The van der Waals surface area contributed by atoms with Crippen molar-refractivity contribution in [2.75, 3.05) is 7.11 Å². The largest absolute Gasteiger partial charge is 0.468 e. The third kappa shape index (κ3) is 3.80. The highest BCUT2D eigenvalue weighted by Gasteiger charge is 2.23. The molecule has 106 valence electrons. The Morgan fingerprint density at radius 1 is 1.38 bits per heavy atom. The zero-order chi connectivity index (χ0) is 15.2. The van der Waals surface area contributed by atoms with E-state index >= 15 is 0 Å². The second-order valence-electron chi connectivity index (χ2n) is 4.07. The van der Waals surface area contributed by atoms with Crippen LogP contribution in [0.3, 0.4) is 0 Å². The van der Waals surface area contributed by atoms with Crippen LogP contribution in [-0.4, -0.2) is 18.1 Å². The number of methoxy groups -OCH3 is 1. The monoisotopic (exact) mass is 302 g/mol. The van der Waals surface area contributed by atoms with E-state index in [1.807, 2.05) is 6.07 Å². The highest BCUT2D eigenvalue weighted by molar-refractivity contribution is 8.00. The van der Waals surface area contributed by atoms with Crippen LogP contribution in [0.15, 0.2) is 47.6 Å². The number of benzene rings is 1. The van der Waals surface area contributed by atoms with E-state index in [0.29, 0.717) is 16.2 Å². The molecule has 1 heterocycles. The van der Waals surface area contributed by atoms with Gasteiger partial charge in [0.05, 0.1) is 23.8 Å². The molecule has 6 heteroatoms. The van der Waals surface area contributed by atoms with E-state index in [-0.39, 0.29) is 5.82 Å². The van der Waals surface area contributed by atoms with Crippen LogP contribution in [-0.2, 0) is 9.53 Å². The van der Waals surface area contributed by atoms with Gasteiger partial charge in [-0.15, -0.1) is 0 Å². The summed E-state index contributed by atoms with van der Waals surface area (Å²) in [4.78, 5) is 16.0. The second kappa shape index (κ2) is 6.86. The number of halogens is 1. The number of ether oxygens (including phenoxy) is 1. The molecule has 4 nitrogen and oxygen atoms in total. The van der Waals surface area contributed by atoms with Crippen molar-refractivity contribution in [3.8, 4) is 6.07 Å². The van der Waals surface area contributed by atoms with Crippen LogP contribution in [0, 0.1) is 17.1 Å². The first kappa shape index (κ1) is 15.0. The summed E-state index contributed by atoms with van der Waals surface area (Å²) in [5, 5.41) is 8.73. The molecule has 0 spiro atoms. The average Bonchev–Trinajstić information content (AvgIpc) is 2.53. The molecule has 1 aromatic heterocycles. The Balaban J connectivity index is 2.30. The van der Waals surface area contributed by atoms with Crippen molar-refractivity contribution in [3.05, 3.63) is 59.5 Å². The Morgan fingerprint density at radius 2 is 2.10 bits per heavy atom. The normalized spacial score (nSPS) is 11.5. The molecule has 0 aliphatic rings. The maximum Gasteiger partial charge on any atom is 0.323 e. The minimum absolute atomic E-state index is 0.378. The fraction of sp³-hybridized carbons (Fsp3) is 0.133. The van der Waals surface area contributed by atoms with Crippen molar-refractivity contribution in [2.24, 2.45) is 0 Å². The standard InChI is InChI=1S/C15H11FN2O2S/c1-20-15(19)14(11-2-4-12(16)5-3-11)21-13-8-10(9-17)6-7-18-13/h2-8,14H,1H3. The average molecular weight is 302 g/mol. The van der Waals surface area contributed by atoms with Crippen LogP contribution in [0.25, 0.3) is 0 Å². The van der Waals surface area contributed by atoms with E-state index in [2.05, 4.69) is 4.98 Å². The maximum absolute atomic E-state index is 13.0. The number of hydrogen-bond acceptors (Lipinski definition) is 5. The SMILES string of the molecule is COC(=O)C(Sc1cc(C#N)ccn1)c1ccc(F)cc1. The third-order valence-electron chi connectivity index (χ3n) is 2.69. The van der Waals surface area contributed by atoms with Crippen molar-refractivity contribution >= 4 is 17.7 Å². The van der Waals surface area contributed by atoms with E-state index in [1.54, 1.807) is 12.1 Å². The van der Waals surface area contributed by atoms with Crippen LogP contribution < -0.4 is 0 Å². The highest BCUT2D eigenvalue weighted by atomic mass is 32.2. The first-order chi connectivity index (χ1) is 10.1. The molecule has 0 fully saturated rings. The first-order valence-corrected chi connectivity index (χ1v) is 6.88. The van der Waals surface area contributed by atoms with Gasteiger partial charge in [0, 0.05) is 6.20 Å². The summed E-state index contributed by atoms with van der Waals surface area (Å²) in [5.74, 6) is -0.840. The molecular formula is C15H11FN2O2S. The molecule has 0 bridgehead atoms. The van der Waals surface area contributed by atoms with Gasteiger partial charge >= 0.3 is 5.97 Å². The van der Waals surface area contributed by atoms with E-state index in [1.165, 1.54) is 37.6 Å². The van der Waals surface area contributed by atoms with Gasteiger partial charge in [-0.25, -0.2) is 9.37 Å². The molecule has 2 aromatic rings. The van der Waals surface area contributed by atoms with Gasteiger partial charge in [-0.2, -0.15) is 5.26 Å². The van der Waals surface area contributed by atoms with Gasteiger partial charge in [-0.1, -0.05) is 23.9 Å². The minimum Gasteiger partial charge on any atom is -0.468 e. The number of nitrogens with zero attached hydrogens (tertiary/aromatic N) is 2. The van der Waals surface area contributed by atoms with Crippen LogP contribution in [0.4, 0.5) is 4.39 Å². The quantitative estimate of drug-likeness (QED) is 0.641. The summed E-state index contributed by atoms with van der Waals surface area (Å²) in [6, 6.07) is 10.8. The molecule has 0 radical (unpaired) electrons. The zero-order valence-corrected chi connectivity index (χ0v) is 11.9. The molecule has 1 unspecified atom stereocenters. The van der Waals surface area contributed by atoms with Gasteiger partial charge < -0.3 is 4.74 Å². The summed E-state index contributed by atoms with van der Waals surface area (Å²) in [7, 11) is 1.29. The van der Waals surface area contributed by atoms with Crippen molar-refractivity contribution in [3.63, 3.8) is 0 Å². The van der Waals surface area contributed by atoms with Gasteiger partial charge in [0.2, 0.25) is 0 Å². The van der Waals surface area contributed by atoms with Crippen LogP contribution in [0.1, 0.15) is 16.4 Å². The predicted octanol–water partition coefficient (Wildman–Crippen LogP) is 3.10. The summed E-state index contributed by atoms with van der Waals surface area (Å²) >= 11 is 1.15. The van der Waals surface area contributed by atoms with Gasteiger partial charge in [0.25, 0.3) is 0 Å². The van der Waals surface area contributed by atoms with Crippen LogP contribution >= 0.6 is 11.8 Å². The number of rotatable bonds is 4. The van der Waals surface area contributed by atoms with Crippen molar-refractivity contribution in [1.29, 1.82) is 5.26 Å². The maximum atomic E-state index is 13.0. The van der Waals surface area contributed by atoms with Crippen molar-refractivity contribution in [2.45, 2.75) is 10.3 Å². The lowest BCUT2D eigenvalue weighted by atomic mass is 10.1. The molecule has 1 aromatic carbocycles. The van der Waals surface area contributed by atoms with Gasteiger partial charge in [0.15, 0.2) is 0 Å². The lowest BCUT2D eigenvalue weighted by Gasteiger charge is -2.14. The number of hydrogen-bond donors (Lipinski definition) is 0. The fourth-order valence-corrected chi connectivity index (χ4v) is 2.70. The molecule has 0 saturated carbocycles. The number of carbonyl (C=O) groups excluding carboxylic acids is 1. The molecule has 0 saturated heterocycles. The molecule has 21 heavy (non-hydrogen) atoms. The summed E-state index contributed by atoms with van der Waals surface area (Å²) in [6.45, 7) is 0. The number of esters is 1. The Kier molecular flexibility index (Phi) is 4.90. The lowest BCUT2D eigenvalue weighted by Crippen LogP contribution is -2.11. The minimum atomic E-state index is -0.669. The second-order valence-corrected chi connectivity index (χ2v) is 5.19. The van der Waals surface area contributed by atoms with E-state index in [4.69, 9.17) is 10.00 Å². The first-order valence-electron chi connectivity index (χ1n) is 6.00. The van der Waals surface area contributed by atoms with E-state index in [0.717, 1.165) is 11.8 Å². The van der Waals surface area contributed by atoms with Gasteiger partial charge in [-0.05, 0) is 29.8 Å². The molecule has 0 N–H and O–H groups in total. The number of aromatic nitrogens is 1. The Morgan fingerprint density at radius 3 is 2.71 bits per heavy atom.